The molecule has 1 saturated heterocycles. The number of anilines is 3. The molecule has 1 amide bonds. The maximum Gasteiger partial charge on any atom is 0.248 e. The van der Waals surface area contributed by atoms with E-state index in [1.807, 2.05) is 57.7 Å². The smallest absolute Gasteiger partial charge is 0.248 e. The van der Waals surface area contributed by atoms with E-state index in [0.29, 0.717) is 32.7 Å². The maximum absolute atomic E-state index is 12.8. The van der Waals surface area contributed by atoms with Gasteiger partial charge in [-0.05, 0) is 64.5 Å². The van der Waals surface area contributed by atoms with Crippen LogP contribution in [0.5, 0.6) is 5.75 Å². The summed E-state index contributed by atoms with van der Waals surface area (Å²) in [5, 5.41) is 16.4. The van der Waals surface area contributed by atoms with Crippen molar-refractivity contribution < 1.29 is 9.53 Å². The van der Waals surface area contributed by atoms with Crippen LogP contribution in [0.25, 0.3) is 10.9 Å². The van der Waals surface area contributed by atoms with Crippen molar-refractivity contribution in [3.05, 3.63) is 71.4 Å². The van der Waals surface area contributed by atoms with E-state index < -0.39 is 5.60 Å². The van der Waals surface area contributed by atoms with Crippen LogP contribution in [0.4, 0.5) is 17.1 Å². The first-order valence-corrected chi connectivity index (χ1v) is 15.1. The Labute approximate surface area is 251 Å². The van der Waals surface area contributed by atoms with Crippen molar-refractivity contribution in [2.45, 2.75) is 39.7 Å². The number of halogens is 2. The Morgan fingerprint density at radius 2 is 1.88 bits per heavy atom. The van der Waals surface area contributed by atoms with E-state index in [2.05, 4.69) is 32.3 Å². The van der Waals surface area contributed by atoms with Gasteiger partial charge in [0.15, 0.2) is 0 Å². The van der Waals surface area contributed by atoms with Crippen LogP contribution in [0.15, 0.2) is 61.3 Å². The molecule has 4 rings (SSSR count). The minimum absolute atomic E-state index is 0.215. The molecule has 0 spiro atoms. The number of hydrogen-bond acceptors (Lipinski definition) is 7. The monoisotopic (exact) mass is 601 g/mol. The molecule has 40 heavy (non-hydrogen) atoms. The molecule has 2 N–H and O–H groups in total. The molecule has 214 valence electrons. The van der Waals surface area contributed by atoms with Crippen molar-refractivity contribution in [3.63, 3.8) is 0 Å². The van der Waals surface area contributed by atoms with E-state index in [1.54, 1.807) is 36.5 Å². The van der Waals surface area contributed by atoms with E-state index in [9.17, 15) is 4.79 Å². The lowest BCUT2D eigenvalue weighted by Crippen LogP contribution is -2.33. The highest BCUT2D eigenvalue weighted by atomic mass is 35.5. The summed E-state index contributed by atoms with van der Waals surface area (Å²) in [5.41, 5.74) is 2.16. The molecule has 10 heteroatoms. The van der Waals surface area contributed by atoms with Crippen molar-refractivity contribution in [3.8, 4) is 5.75 Å². The van der Waals surface area contributed by atoms with Gasteiger partial charge in [-0.15, -0.1) is 6.58 Å². The van der Waals surface area contributed by atoms with Gasteiger partial charge < -0.3 is 20.3 Å². The van der Waals surface area contributed by atoms with E-state index in [-0.39, 0.29) is 5.91 Å². The number of benzene rings is 2. The van der Waals surface area contributed by atoms with Crippen LogP contribution in [-0.4, -0.2) is 57.7 Å². The quantitative estimate of drug-likeness (QED) is 0.200. The zero-order chi connectivity index (χ0) is 29.1. The summed E-state index contributed by atoms with van der Waals surface area (Å²) >= 11 is 14.2. The van der Waals surface area contributed by atoms with Crippen molar-refractivity contribution >= 4 is 68.8 Å². The highest BCUT2D eigenvalue weighted by Crippen LogP contribution is 2.36. The van der Waals surface area contributed by atoms with E-state index in [1.165, 1.54) is 11.5 Å². The fraction of sp³-hybridized carbons (Fsp3) is 0.367. The van der Waals surface area contributed by atoms with Crippen molar-refractivity contribution in [2.75, 3.05) is 41.8 Å². The lowest BCUT2D eigenvalue weighted by atomic mass is 10.1. The summed E-state index contributed by atoms with van der Waals surface area (Å²) in [6.45, 7) is 14.3. The topological polar surface area (TPSA) is 79.4 Å². The molecule has 7 nitrogen and oxygen atoms in total. The molecule has 0 aliphatic carbocycles. The first-order valence-electron chi connectivity index (χ1n) is 13.1. The predicted molar refractivity (Wildman–Crippen MR) is 172 cm³/mol. The van der Waals surface area contributed by atoms with Crippen LogP contribution in [0.1, 0.15) is 34.1 Å². The molecule has 2 aromatic carbocycles. The number of nitrogens with one attached hydrogen (secondary N) is 2. The molecule has 0 unspecified atom stereocenters. The predicted octanol–water partition coefficient (Wildman–Crippen LogP) is 7.98. The Balaban J connectivity index is 0.00000141. The number of nitrogens with zero attached hydrogens (tertiary/aromatic N) is 3. The SMILES string of the molecule is C=CC.CC(C)(C)Oc1cc2nncc(Nc3ccc(Cl)c(Cl)c3)c2cc1NC(=O)/C=C/CCN1CCSCC1. The Morgan fingerprint density at radius 1 is 1.15 bits per heavy atom. The second-order valence-corrected chi connectivity index (χ2v) is 12.2. The first-order chi connectivity index (χ1) is 19.1. The van der Waals surface area contributed by atoms with Crippen LogP contribution in [0, 0.1) is 0 Å². The number of hydrogen-bond donors (Lipinski definition) is 2. The van der Waals surface area contributed by atoms with Gasteiger partial charge in [-0.3, -0.25) is 4.79 Å². The lowest BCUT2D eigenvalue weighted by Gasteiger charge is -2.25. The Morgan fingerprint density at radius 3 is 2.55 bits per heavy atom. The van der Waals surface area contributed by atoms with Crippen molar-refractivity contribution in [2.24, 2.45) is 0 Å². The minimum Gasteiger partial charge on any atom is -0.486 e. The Hall–Kier alpha value is -2.78. The van der Waals surface area contributed by atoms with Gasteiger partial charge in [-0.1, -0.05) is 35.4 Å². The molecule has 0 bridgehead atoms. The molecule has 1 aromatic heterocycles. The third-order valence-electron chi connectivity index (χ3n) is 5.60. The molecular weight excluding hydrogens is 565 g/mol. The van der Waals surface area contributed by atoms with Crippen LogP contribution in [0.3, 0.4) is 0 Å². The van der Waals surface area contributed by atoms with Crippen LogP contribution in [-0.2, 0) is 4.79 Å². The molecule has 0 radical (unpaired) electrons. The summed E-state index contributed by atoms with van der Waals surface area (Å²) in [4.78, 5) is 15.3. The largest absolute Gasteiger partial charge is 0.486 e. The third-order valence-corrected chi connectivity index (χ3v) is 7.28. The van der Waals surface area contributed by atoms with Crippen LogP contribution >= 0.6 is 35.0 Å². The average molecular weight is 603 g/mol. The minimum atomic E-state index is -0.473. The van der Waals surface area contributed by atoms with E-state index in [0.717, 1.165) is 37.1 Å². The summed E-state index contributed by atoms with van der Waals surface area (Å²) in [6, 6.07) is 8.93. The van der Waals surface area contributed by atoms with Gasteiger partial charge >= 0.3 is 0 Å². The van der Waals surface area contributed by atoms with Gasteiger partial charge in [0.25, 0.3) is 0 Å². The van der Waals surface area contributed by atoms with Crippen LogP contribution in [0.2, 0.25) is 10.0 Å². The number of aromatic nitrogens is 2. The summed E-state index contributed by atoms with van der Waals surface area (Å²) in [7, 11) is 0. The first kappa shape index (κ1) is 31.7. The number of fused-ring (bicyclic) bond motifs is 1. The summed E-state index contributed by atoms with van der Waals surface area (Å²) < 4.78 is 6.17. The molecule has 1 aliphatic heterocycles. The van der Waals surface area contributed by atoms with Crippen LogP contribution < -0.4 is 15.4 Å². The number of rotatable bonds is 8. The number of allylic oxidation sites excluding steroid dienone is 1. The number of carbonyl (C=O) groups excluding carboxylic acids is 1. The fourth-order valence-electron chi connectivity index (χ4n) is 3.87. The molecule has 3 aromatic rings. The highest BCUT2D eigenvalue weighted by Gasteiger charge is 2.18. The molecule has 1 aliphatic rings. The Bertz CT molecular complexity index is 1340. The molecule has 0 atom stereocenters. The van der Waals surface area contributed by atoms with E-state index >= 15 is 0 Å². The van der Waals surface area contributed by atoms with Gasteiger partial charge in [-0.2, -0.15) is 22.0 Å². The number of amides is 1. The second kappa shape index (κ2) is 15.3. The molecular formula is C30H37Cl2N5O2S. The van der Waals surface area contributed by atoms with Gasteiger partial charge in [0.2, 0.25) is 5.91 Å². The van der Waals surface area contributed by atoms with Crippen molar-refractivity contribution in [1.29, 1.82) is 0 Å². The summed E-state index contributed by atoms with van der Waals surface area (Å²) in [5.74, 6) is 2.66. The summed E-state index contributed by atoms with van der Waals surface area (Å²) in [6.07, 6.45) is 7.71. The highest BCUT2D eigenvalue weighted by molar-refractivity contribution is 7.99. The van der Waals surface area contributed by atoms with Gasteiger partial charge in [0, 0.05) is 48.3 Å². The second-order valence-electron chi connectivity index (χ2n) is 10.1. The van der Waals surface area contributed by atoms with Gasteiger partial charge in [0.05, 0.1) is 33.1 Å². The maximum atomic E-state index is 12.8. The third kappa shape index (κ3) is 10.0. The normalized spacial score (nSPS) is 13.9. The van der Waals surface area contributed by atoms with E-state index in [4.69, 9.17) is 27.9 Å². The Kier molecular flexibility index (Phi) is 12.1. The number of carbonyl (C=O) groups is 1. The number of ether oxygens (including phenoxy) is 1. The number of thioether (sulfide) groups is 1. The lowest BCUT2D eigenvalue weighted by molar-refractivity contribution is -0.111. The van der Waals surface area contributed by atoms with Gasteiger partial charge in [0.1, 0.15) is 11.4 Å². The zero-order valence-electron chi connectivity index (χ0n) is 23.5. The zero-order valence-corrected chi connectivity index (χ0v) is 25.8. The van der Waals surface area contributed by atoms with Gasteiger partial charge in [-0.25, -0.2) is 0 Å². The van der Waals surface area contributed by atoms with Crippen molar-refractivity contribution in [1.82, 2.24) is 15.1 Å². The average Bonchev–Trinajstić information content (AvgIpc) is 2.90. The molecule has 1 fully saturated rings. The fourth-order valence-corrected chi connectivity index (χ4v) is 5.15. The molecule has 0 saturated carbocycles. The standard InChI is InChI=1S/C27H31Cl2N5O2S.C3H6/c1-27(2,3)36-25-16-22-19(24(17-30-33-22)31-18-7-8-20(28)21(29)14-18)15-23(25)32-26(35)6-4-5-9-34-10-12-37-13-11-34;1-3-2/h4,6-8,14-17H,5,9-13H2,1-3H3,(H,31,33)(H,32,35);3H,1H2,2H3/b6-4+;. The molecule has 2 heterocycles.